The molecule has 5 nitrogen and oxygen atoms in total. The van der Waals surface area contributed by atoms with E-state index in [1.807, 2.05) is 0 Å². The van der Waals surface area contributed by atoms with E-state index in [-0.39, 0.29) is 34.6 Å². The van der Waals surface area contributed by atoms with Gasteiger partial charge in [-0.15, -0.1) is 0 Å². The molecule has 0 saturated carbocycles. The smallest absolute Gasteiger partial charge is 0.404 e. The molecule has 0 atom stereocenters. The second-order valence-electron chi connectivity index (χ2n) is 3.89. The number of rotatable bonds is 5. The number of benzene rings is 1. The first-order chi connectivity index (χ1) is 9.85. The van der Waals surface area contributed by atoms with E-state index in [0.717, 1.165) is 0 Å². The average molecular weight is 318 g/mol. The van der Waals surface area contributed by atoms with Gasteiger partial charge in [0.2, 0.25) is 0 Å². The van der Waals surface area contributed by atoms with Gasteiger partial charge in [-0.2, -0.15) is 13.2 Å². The molecule has 0 radical (unpaired) electrons. The first-order valence-corrected chi connectivity index (χ1v) is 6.48. The number of thioether (sulfide) groups is 1. The van der Waals surface area contributed by atoms with Gasteiger partial charge in [0.25, 0.3) is 0 Å². The van der Waals surface area contributed by atoms with Gasteiger partial charge in [0.1, 0.15) is 10.7 Å². The Morgan fingerprint density at radius 1 is 1.24 bits per heavy atom. The Kier molecular flexibility index (Phi) is 4.41. The molecule has 9 heteroatoms. The topological polar surface area (TPSA) is 68.3 Å². The molecule has 0 unspecified atom stereocenters. The van der Waals surface area contributed by atoms with E-state index in [0.29, 0.717) is 0 Å². The van der Waals surface area contributed by atoms with Gasteiger partial charge < -0.3 is 9.73 Å². The second kappa shape index (κ2) is 6.08. The van der Waals surface area contributed by atoms with Crippen LogP contribution in [0.1, 0.15) is 5.76 Å². The van der Waals surface area contributed by atoms with Gasteiger partial charge in [0, 0.05) is 10.6 Å². The van der Waals surface area contributed by atoms with Gasteiger partial charge in [-0.3, -0.25) is 10.1 Å². The minimum absolute atomic E-state index is 0.0195. The number of nitrogens with one attached hydrogen (secondary N) is 1. The van der Waals surface area contributed by atoms with Crippen LogP contribution in [-0.4, -0.2) is 10.4 Å². The molecule has 1 aromatic heterocycles. The molecule has 1 heterocycles. The van der Waals surface area contributed by atoms with E-state index in [9.17, 15) is 23.3 Å². The van der Waals surface area contributed by atoms with Crippen molar-refractivity contribution in [3.63, 3.8) is 0 Å². The van der Waals surface area contributed by atoms with Crippen molar-refractivity contribution >= 4 is 23.3 Å². The number of nitro groups is 1. The second-order valence-corrected chi connectivity index (χ2v) is 5.00. The van der Waals surface area contributed by atoms with Crippen LogP contribution in [0.4, 0.5) is 24.7 Å². The van der Waals surface area contributed by atoms with Crippen LogP contribution in [0.2, 0.25) is 0 Å². The Hall–Kier alpha value is -2.16. The molecule has 0 aliphatic carbocycles. The standard InChI is InChI=1S/C12H9F3N2O3S/c13-12(14,15)21-10-4-2-1-3-9(10)16-7-8-5-6-11(20-8)17(18)19/h1-6,16H,7H2. The van der Waals surface area contributed by atoms with Crippen LogP contribution in [0, 0.1) is 10.1 Å². The summed E-state index contributed by atoms with van der Waals surface area (Å²) in [5.74, 6) is -0.154. The Bertz CT molecular complexity index is 643. The predicted octanol–water partition coefficient (Wildman–Crippen LogP) is 4.41. The molecule has 0 aliphatic heterocycles. The first kappa shape index (κ1) is 15.2. The van der Waals surface area contributed by atoms with Crippen molar-refractivity contribution in [1.82, 2.24) is 0 Å². The highest BCUT2D eigenvalue weighted by atomic mass is 32.2. The molecule has 0 spiro atoms. The summed E-state index contributed by atoms with van der Waals surface area (Å²) >= 11 is -0.229. The normalized spacial score (nSPS) is 11.4. The van der Waals surface area contributed by atoms with E-state index < -0.39 is 16.3 Å². The van der Waals surface area contributed by atoms with Gasteiger partial charge in [0.15, 0.2) is 0 Å². The molecule has 0 aliphatic rings. The summed E-state index contributed by atoms with van der Waals surface area (Å²) in [6.45, 7) is 0.0449. The van der Waals surface area contributed by atoms with Crippen molar-refractivity contribution < 1.29 is 22.5 Å². The molecule has 1 aromatic carbocycles. The maximum atomic E-state index is 12.4. The van der Waals surface area contributed by atoms with Gasteiger partial charge >= 0.3 is 11.4 Å². The van der Waals surface area contributed by atoms with Crippen molar-refractivity contribution in [2.75, 3.05) is 5.32 Å². The Morgan fingerprint density at radius 2 is 1.95 bits per heavy atom. The monoisotopic (exact) mass is 318 g/mol. The summed E-state index contributed by atoms with van der Waals surface area (Å²) in [5, 5.41) is 13.2. The summed E-state index contributed by atoms with van der Waals surface area (Å²) in [5.41, 5.74) is -4.11. The van der Waals surface area contributed by atoms with Gasteiger partial charge in [0.05, 0.1) is 12.6 Å². The van der Waals surface area contributed by atoms with Crippen LogP contribution in [0.5, 0.6) is 0 Å². The molecule has 2 rings (SSSR count). The summed E-state index contributed by atoms with van der Waals surface area (Å²) in [6, 6.07) is 8.50. The molecular weight excluding hydrogens is 309 g/mol. The summed E-state index contributed by atoms with van der Waals surface area (Å²) in [4.78, 5) is 9.80. The predicted molar refractivity (Wildman–Crippen MR) is 71.0 cm³/mol. The summed E-state index contributed by atoms with van der Waals surface area (Å²) in [7, 11) is 0. The number of halogens is 3. The lowest BCUT2D eigenvalue weighted by Crippen LogP contribution is -2.03. The third-order valence-corrected chi connectivity index (χ3v) is 3.20. The minimum atomic E-state index is -4.39. The molecule has 1 N–H and O–H groups in total. The molecule has 0 fully saturated rings. The van der Waals surface area contributed by atoms with Crippen LogP contribution in [0.25, 0.3) is 0 Å². The number of furan rings is 1. The molecule has 2 aromatic rings. The Labute approximate surface area is 121 Å². The first-order valence-electron chi connectivity index (χ1n) is 5.67. The van der Waals surface area contributed by atoms with Crippen LogP contribution in [0.3, 0.4) is 0 Å². The van der Waals surface area contributed by atoms with Crippen molar-refractivity contribution in [2.24, 2.45) is 0 Å². The van der Waals surface area contributed by atoms with Crippen molar-refractivity contribution in [2.45, 2.75) is 16.9 Å². The fourth-order valence-corrected chi connectivity index (χ4v) is 2.21. The van der Waals surface area contributed by atoms with Crippen LogP contribution >= 0.6 is 11.8 Å². The highest BCUT2D eigenvalue weighted by Gasteiger charge is 2.30. The Balaban J connectivity index is 2.07. The van der Waals surface area contributed by atoms with Crippen LogP contribution < -0.4 is 5.32 Å². The summed E-state index contributed by atoms with van der Waals surface area (Å²) in [6.07, 6.45) is 0. The molecule has 21 heavy (non-hydrogen) atoms. The number of hydrogen-bond acceptors (Lipinski definition) is 5. The van der Waals surface area contributed by atoms with Crippen molar-refractivity contribution in [3.8, 4) is 0 Å². The Morgan fingerprint density at radius 3 is 2.57 bits per heavy atom. The van der Waals surface area contributed by atoms with Gasteiger partial charge in [-0.05, 0) is 30.0 Å². The summed E-state index contributed by atoms with van der Waals surface area (Å²) < 4.78 is 42.2. The number of nitrogens with zero attached hydrogens (tertiary/aromatic N) is 1. The lowest BCUT2D eigenvalue weighted by Gasteiger charge is -2.12. The number of para-hydroxylation sites is 1. The molecule has 0 amide bonds. The number of hydrogen-bond donors (Lipinski definition) is 1. The highest BCUT2D eigenvalue weighted by Crippen LogP contribution is 2.40. The minimum Gasteiger partial charge on any atom is -0.404 e. The van der Waals surface area contributed by atoms with E-state index in [1.165, 1.54) is 30.3 Å². The fourth-order valence-electron chi connectivity index (χ4n) is 1.57. The van der Waals surface area contributed by atoms with Crippen molar-refractivity contribution in [3.05, 3.63) is 52.3 Å². The zero-order valence-corrected chi connectivity index (χ0v) is 11.2. The van der Waals surface area contributed by atoms with E-state index in [1.54, 1.807) is 6.07 Å². The third kappa shape index (κ3) is 4.42. The van der Waals surface area contributed by atoms with Gasteiger partial charge in [-0.25, -0.2) is 0 Å². The molecular formula is C12H9F3N2O3S. The third-order valence-electron chi connectivity index (χ3n) is 2.39. The fraction of sp³-hybridized carbons (Fsp3) is 0.167. The zero-order chi connectivity index (χ0) is 15.5. The maximum Gasteiger partial charge on any atom is 0.446 e. The molecule has 0 bridgehead atoms. The number of anilines is 1. The zero-order valence-electron chi connectivity index (χ0n) is 10.4. The lowest BCUT2D eigenvalue weighted by atomic mass is 10.3. The quantitative estimate of drug-likeness (QED) is 0.502. The maximum absolute atomic E-state index is 12.4. The van der Waals surface area contributed by atoms with E-state index >= 15 is 0 Å². The number of alkyl halides is 3. The SMILES string of the molecule is O=[N+]([O-])c1ccc(CNc2ccccc2SC(F)(F)F)o1. The molecule has 112 valence electrons. The molecule has 0 saturated heterocycles. The lowest BCUT2D eigenvalue weighted by molar-refractivity contribution is -0.402. The van der Waals surface area contributed by atoms with E-state index in [4.69, 9.17) is 4.42 Å². The van der Waals surface area contributed by atoms with Crippen LogP contribution in [0.15, 0.2) is 45.7 Å². The highest BCUT2D eigenvalue weighted by molar-refractivity contribution is 8.00. The van der Waals surface area contributed by atoms with Crippen molar-refractivity contribution in [1.29, 1.82) is 0 Å². The largest absolute Gasteiger partial charge is 0.446 e. The average Bonchev–Trinajstić information content (AvgIpc) is 2.85. The van der Waals surface area contributed by atoms with E-state index in [2.05, 4.69) is 5.32 Å². The van der Waals surface area contributed by atoms with Gasteiger partial charge in [-0.1, -0.05) is 12.1 Å². The van der Waals surface area contributed by atoms with Crippen LogP contribution in [-0.2, 0) is 6.54 Å².